The molecular formula is C18H18N2O7. The highest BCUT2D eigenvalue weighted by Gasteiger charge is 2.28. The molecule has 0 unspecified atom stereocenters. The molecule has 9 heteroatoms. The van der Waals surface area contributed by atoms with Gasteiger partial charge in [-0.25, -0.2) is 4.79 Å². The van der Waals surface area contributed by atoms with Crippen LogP contribution in [0.3, 0.4) is 0 Å². The van der Waals surface area contributed by atoms with E-state index in [2.05, 4.69) is 0 Å². The van der Waals surface area contributed by atoms with Gasteiger partial charge in [-0.1, -0.05) is 44.2 Å². The Morgan fingerprint density at radius 3 is 2.30 bits per heavy atom. The van der Waals surface area contributed by atoms with E-state index in [0.717, 1.165) is 12.1 Å². The standard InChI is InChI=1S/C18H18N2O7/c1-12(2)8-9-26-18(21)27-17-15(13-6-4-3-5-7-13)10-14(19(22)23)11-16(17)20(24)25/h3-7,10-12H,8-9H2,1-2H3. The number of nitrogens with zero attached hydrogens (tertiary/aromatic N) is 2. The molecule has 0 atom stereocenters. The second-order valence-electron chi connectivity index (χ2n) is 6.10. The van der Waals surface area contributed by atoms with Crippen LogP contribution in [0.5, 0.6) is 5.75 Å². The van der Waals surface area contributed by atoms with E-state index < -0.39 is 33.1 Å². The van der Waals surface area contributed by atoms with Crippen molar-refractivity contribution in [3.8, 4) is 16.9 Å². The molecule has 2 rings (SSSR count). The summed E-state index contributed by atoms with van der Waals surface area (Å²) >= 11 is 0. The molecule has 2 aromatic rings. The number of carbonyl (C=O) groups excluding carboxylic acids is 1. The summed E-state index contributed by atoms with van der Waals surface area (Å²) in [5, 5.41) is 22.6. The monoisotopic (exact) mass is 374 g/mol. The number of benzene rings is 2. The van der Waals surface area contributed by atoms with Crippen molar-refractivity contribution in [1.82, 2.24) is 0 Å². The fourth-order valence-electron chi connectivity index (χ4n) is 2.27. The molecule has 27 heavy (non-hydrogen) atoms. The first-order valence-electron chi connectivity index (χ1n) is 8.16. The average molecular weight is 374 g/mol. The topological polar surface area (TPSA) is 122 Å². The quantitative estimate of drug-likeness (QED) is 0.297. The van der Waals surface area contributed by atoms with Crippen molar-refractivity contribution < 1.29 is 24.1 Å². The van der Waals surface area contributed by atoms with Crippen LogP contribution < -0.4 is 4.74 Å². The third-order valence-electron chi connectivity index (χ3n) is 3.65. The molecule has 9 nitrogen and oxygen atoms in total. The maximum Gasteiger partial charge on any atom is 0.514 e. The van der Waals surface area contributed by atoms with Crippen LogP contribution in [0.1, 0.15) is 20.3 Å². The summed E-state index contributed by atoms with van der Waals surface area (Å²) in [4.78, 5) is 33.0. The van der Waals surface area contributed by atoms with Crippen LogP contribution in [0, 0.1) is 26.1 Å². The highest BCUT2D eigenvalue weighted by Crippen LogP contribution is 2.41. The van der Waals surface area contributed by atoms with E-state index in [1.54, 1.807) is 30.3 Å². The number of nitro benzene ring substituents is 2. The van der Waals surface area contributed by atoms with Gasteiger partial charge in [0.25, 0.3) is 5.69 Å². The van der Waals surface area contributed by atoms with Gasteiger partial charge in [0.2, 0.25) is 5.75 Å². The van der Waals surface area contributed by atoms with Crippen molar-refractivity contribution in [1.29, 1.82) is 0 Å². The van der Waals surface area contributed by atoms with Crippen molar-refractivity contribution in [2.75, 3.05) is 6.61 Å². The fraction of sp³-hybridized carbons (Fsp3) is 0.278. The fourth-order valence-corrected chi connectivity index (χ4v) is 2.27. The zero-order valence-corrected chi connectivity index (χ0v) is 14.8. The minimum atomic E-state index is -1.11. The van der Waals surface area contributed by atoms with Gasteiger partial charge in [-0.15, -0.1) is 0 Å². The number of hydrogen-bond acceptors (Lipinski definition) is 7. The van der Waals surface area contributed by atoms with E-state index in [4.69, 9.17) is 9.47 Å². The molecule has 0 aliphatic heterocycles. The van der Waals surface area contributed by atoms with E-state index in [1.165, 1.54) is 0 Å². The maximum atomic E-state index is 12.0. The number of ether oxygens (including phenoxy) is 2. The first-order valence-corrected chi connectivity index (χ1v) is 8.16. The van der Waals surface area contributed by atoms with Crippen molar-refractivity contribution in [3.63, 3.8) is 0 Å². The van der Waals surface area contributed by atoms with Gasteiger partial charge in [-0.05, 0) is 17.9 Å². The van der Waals surface area contributed by atoms with Gasteiger partial charge in [0.1, 0.15) is 0 Å². The minimum absolute atomic E-state index is 0.0531. The van der Waals surface area contributed by atoms with Crippen LogP contribution in [0.25, 0.3) is 11.1 Å². The van der Waals surface area contributed by atoms with Crippen LogP contribution in [0.4, 0.5) is 16.2 Å². The van der Waals surface area contributed by atoms with E-state index >= 15 is 0 Å². The predicted octanol–water partition coefficient (Wildman–Crippen LogP) is 4.73. The number of hydrogen-bond donors (Lipinski definition) is 0. The molecule has 0 N–H and O–H groups in total. The molecule has 0 spiro atoms. The van der Waals surface area contributed by atoms with Crippen LogP contribution >= 0.6 is 0 Å². The molecule has 0 amide bonds. The van der Waals surface area contributed by atoms with E-state index in [-0.39, 0.29) is 12.2 Å². The molecule has 0 fully saturated rings. The molecule has 0 saturated carbocycles. The SMILES string of the molecule is CC(C)CCOC(=O)Oc1c(-c2ccccc2)cc([N+](=O)[O-])cc1[N+](=O)[O-]. The molecule has 0 radical (unpaired) electrons. The summed E-state index contributed by atoms with van der Waals surface area (Å²) in [6.45, 7) is 3.99. The van der Waals surface area contributed by atoms with Gasteiger partial charge >= 0.3 is 11.8 Å². The van der Waals surface area contributed by atoms with E-state index in [1.807, 2.05) is 13.8 Å². The first-order chi connectivity index (χ1) is 12.8. The Morgan fingerprint density at radius 1 is 1.07 bits per heavy atom. The normalized spacial score (nSPS) is 10.5. The second kappa shape index (κ2) is 8.75. The summed E-state index contributed by atoms with van der Waals surface area (Å²) in [5.41, 5.74) is -0.698. The molecule has 0 heterocycles. The van der Waals surface area contributed by atoms with Crippen LogP contribution in [-0.2, 0) is 4.74 Å². The number of rotatable bonds is 7. The Labute approximate surface area is 154 Å². The van der Waals surface area contributed by atoms with Crippen molar-refractivity contribution in [2.24, 2.45) is 5.92 Å². The second-order valence-corrected chi connectivity index (χ2v) is 6.10. The predicted molar refractivity (Wildman–Crippen MR) is 96.6 cm³/mol. The highest BCUT2D eigenvalue weighted by molar-refractivity contribution is 5.81. The van der Waals surface area contributed by atoms with Crippen molar-refractivity contribution >= 4 is 17.5 Å². The average Bonchev–Trinajstić information content (AvgIpc) is 2.61. The first kappa shape index (κ1) is 19.8. The van der Waals surface area contributed by atoms with Crippen LogP contribution in [0.15, 0.2) is 42.5 Å². The molecule has 0 saturated heterocycles. The summed E-state index contributed by atoms with van der Waals surface area (Å²) < 4.78 is 10.0. The van der Waals surface area contributed by atoms with Crippen LogP contribution in [-0.4, -0.2) is 22.6 Å². The summed E-state index contributed by atoms with van der Waals surface area (Å²) in [6, 6.07) is 10.1. The largest absolute Gasteiger partial charge is 0.514 e. The number of non-ortho nitro benzene ring substituents is 1. The van der Waals surface area contributed by atoms with Gasteiger partial charge in [-0.3, -0.25) is 20.2 Å². The lowest BCUT2D eigenvalue weighted by Crippen LogP contribution is -2.14. The van der Waals surface area contributed by atoms with Gasteiger partial charge in [-0.2, -0.15) is 0 Å². The summed E-state index contributed by atoms with van der Waals surface area (Å²) in [6.07, 6.45) is -0.506. The molecule has 0 aliphatic rings. The van der Waals surface area contributed by atoms with Gasteiger partial charge < -0.3 is 9.47 Å². The summed E-state index contributed by atoms with van der Waals surface area (Å²) in [7, 11) is 0. The zero-order chi connectivity index (χ0) is 20.0. The number of nitro groups is 2. The molecular weight excluding hydrogens is 356 g/mol. The zero-order valence-electron chi connectivity index (χ0n) is 14.8. The van der Waals surface area contributed by atoms with E-state index in [9.17, 15) is 25.0 Å². The maximum absolute atomic E-state index is 12.0. The molecule has 0 bridgehead atoms. The lowest BCUT2D eigenvalue weighted by molar-refractivity contribution is -0.394. The van der Waals surface area contributed by atoms with Crippen LogP contribution in [0.2, 0.25) is 0 Å². The molecule has 0 aromatic heterocycles. The molecule has 142 valence electrons. The third-order valence-corrected chi connectivity index (χ3v) is 3.65. The van der Waals surface area contributed by atoms with E-state index in [0.29, 0.717) is 17.9 Å². The smallest absolute Gasteiger partial charge is 0.434 e. The molecule has 0 aliphatic carbocycles. The highest BCUT2D eigenvalue weighted by atomic mass is 16.7. The Kier molecular flexibility index (Phi) is 6.42. The minimum Gasteiger partial charge on any atom is -0.434 e. The Balaban J connectivity index is 2.48. The third kappa shape index (κ3) is 5.24. The molecule has 2 aromatic carbocycles. The Bertz CT molecular complexity index is 850. The van der Waals surface area contributed by atoms with Gasteiger partial charge in [0.05, 0.1) is 22.5 Å². The van der Waals surface area contributed by atoms with Gasteiger partial charge in [0.15, 0.2) is 0 Å². The Hall–Kier alpha value is -3.49. The van der Waals surface area contributed by atoms with Crippen molar-refractivity contribution in [2.45, 2.75) is 20.3 Å². The Morgan fingerprint density at radius 2 is 1.74 bits per heavy atom. The number of carbonyl (C=O) groups is 1. The summed E-state index contributed by atoms with van der Waals surface area (Å²) in [5.74, 6) is -0.0993. The lowest BCUT2D eigenvalue weighted by Gasteiger charge is -2.11. The van der Waals surface area contributed by atoms with Crippen molar-refractivity contribution in [3.05, 3.63) is 62.7 Å². The van der Waals surface area contributed by atoms with Gasteiger partial charge in [0, 0.05) is 11.6 Å². The lowest BCUT2D eigenvalue weighted by atomic mass is 10.0.